The molecule has 0 fully saturated rings. The van der Waals surface area contributed by atoms with Crippen LogP contribution in [0.1, 0.15) is 18.1 Å². The number of nitrogens with one attached hydrogen (secondary N) is 1. The third kappa shape index (κ3) is 7.02. The second-order valence-electron chi connectivity index (χ2n) is 6.38. The number of amidine groups is 3. The van der Waals surface area contributed by atoms with Crippen LogP contribution in [0.2, 0.25) is 0 Å². The topological polar surface area (TPSA) is 49.1 Å². The Bertz CT molecular complexity index is 953. The fraction of sp³-hybridized carbons (Fsp3) is 0.250. The molecule has 30 heavy (non-hydrogen) atoms. The average Bonchev–Trinajstić information content (AvgIpc) is 2.62. The van der Waals surface area contributed by atoms with Crippen LogP contribution in [0.4, 0.5) is 37.7 Å². The number of benzene rings is 2. The molecule has 0 aliphatic heterocycles. The molecule has 0 unspecified atom stereocenters. The summed E-state index contributed by atoms with van der Waals surface area (Å²) in [5, 5.41) is 2.07. The van der Waals surface area contributed by atoms with Gasteiger partial charge in [0.05, 0.1) is 5.69 Å². The lowest BCUT2D eigenvalue weighted by molar-refractivity contribution is -0.0598. The highest BCUT2D eigenvalue weighted by atomic mass is 19.4. The number of anilines is 1. The van der Waals surface area contributed by atoms with E-state index in [0.717, 1.165) is 18.1 Å². The number of hydrogen-bond acceptors (Lipinski definition) is 1. The van der Waals surface area contributed by atoms with E-state index in [0.29, 0.717) is 0 Å². The first-order valence-electron chi connectivity index (χ1n) is 8.62. The van der Waals surface area contributed by atoms with Gasteiger partial charge in [-0.05, 0) is 45.0 Å². The fourth-order valence-corrected chi connectivity index (χ4v) is 2.17. The normalized spacial score (nSPS) is 14.1. The van der Waals surface area contributed by atoms with Gasteiger partial charge in [-0.15, -0.1) is 0 Å². The van der Waals surface area contributed by atoms with Crippen molar-refractivity contribution in [3.05, 3.63) is 59.7 Å². The molecule has 160 valence electrons. The maximum Gasteiger partial charge on any atom is 0.451 e. The summed E-state index contributed by atoms with van der Waals surface area (Å²) in [7, 11) is 0. The maximum atomic E-state index is 13.3. The van der Waals surface area contributed by atoms with Crippen molar-refractivity contribution < 1.29 is 26.3 Å². The van der Waals surface area contributed by atoms with E-state index in [1.807, 2.05) is 0 Å². The zero-order valence-electron chi connectivity index (χ0n) is 16.2. The highest BCUT2D eigenvalue weighted by Crippen LogP contribution is 2.24. The Hall–Kier alpha value is -3.17. The van der Waals surface area contributed by atoms with E-state index in [2.05, 4.69) is 20.3 Å². The number of hydrogen-bond donors (Lipinski definition) is 1. The van der Waals surface area contributed by atoms with Crippen molar-refractivity contribution in [1.29, 1.82) is 0 Å². The summed E-state index contributed by atoms with van der Waals surface area (Å²) < 4.78 is 79.7. The summed E-state index contributed by atoms with van der Waals surface area (Å²) in [5.74, 6) is -3.86. The summed E-state index contributed by atoms with van der Waals surface area (Å²) in [4.78, 5) is 9.82. The molecule has 0 saturated carbocycles. The molecule has 0 radical (unpaired) electrons. The van der Waals surface area contributed by atoms with Crippen LogP contribution in [0.3, 0.4) is 0 Å². The Morgan fingerprint density at radius 2 is 1.23 bits per heavy atom. The van der Waals surface area contributed by atoms with Crippen LogP contribution in [-0.2, 0) is 0 Å². The van der Waals surface area contributed by atoms with Gasteiger partial charge in [-0.3, -0.25) is 0 Å². The molecule has 0 amide bonds. The van der Waals surface area contributed by atoms with Crippen LogP contribution in [0.5, 0.6) is 0 Å². The molecule has 2 aromatic carbocycles. The summed E-state index contributed by atoms with van der Waals surface area (Å²) in [6.07, 6.45) is -9.92. The van der Waals surface area contributed by atoms with E-state index >= 15 is 0 Å². The molecule has 10 heteroatoms. The van der Waals surface area contributed by atoms with E-state index in [-0.39, 0.29) is 11.4 Å². The van der Waals surface area contributed by atoms with Crippen molar-refractivity contribution in [1.82, 2.24) is 0 Å². The number of alkyl halides is 6. The van der Waals surface area contributed by atoms with E-state index < -0.39 is 29.9 Å². The molecule has 0 aliphatic carbocycles. The van der Waals surface area contributed by atoms with E-state index in [9.17, 15) is 26.3 Å². The second-order valence-corrected chi connectivity index (χ2v) is 6.38. The number of aliphatic imine (C=N–C) groups is 3. The SMILES string of the molecule is CC(=NC(=Nc1ccc(C)cc1)C(F)(F)F)N=C(Nc1ccc(C)cc1)C(F)(F)F. The van der Waals surface area contributed by atoms with E-state index in [1.54, 1.807) is 38.1 Å². The summed E-state index contributed by atoms with van der Waals surface area (Å²) >= 11 is 0. The van der Waals surface area contributed by atoms with Gasteiger partial charge in [-0.1, -0.05) is 35.4 Å². The lowest BCUT2D eigenvalue weighted by Gasteiger charge is -2.13. The van der Waals surface area contributed by atoms with Gasteiger partial charge in [-0.2, -0.15) is 26.3 Å². The van der Waals surface area contributed by atoms with Crippen molar-refractivity contribution in [3.63, 3.8) is 0 Å². The fourth-order valence-electron chi connectivity index (χ4n) is 2.17. The van der Waals surface area contributed by atoms with Crippen molar-refractivity contribution in [2.45, 2.75) is 33.1 Å². The Kier molecular flexibility index (Phi) is 7.01. The van der Waals surface area contributed by atoms with Crippen molar-refractivity contribution in [2.24, 2.45) is 15.0 Å². The average molecular weight is 428 g/mol. The largest absolute Gasteiger partial charge is 0.451 e. The molecule has 0 aromatic heterocycles. The van der Waals surface area contributed by atoms with E-state index in [4.69, 9.17) is 0 Å². The minimum atomic E-state index is -4.98. The molecule has 0 heterocycles. The second kappa shape index (κ2) is 9.10. The Morgan fingerprint density at radius 3 is 1.70 bits per heavy atom. The lowest BCUT2D eigenvalue weighted by Crippen LogP contribution is -2.31. The van der Waals surface area contributed by atoms with Gasteiger partial charge >= 0.3 is 12.4 Å². The zero-order chi connectivity index (χ0) is 22.5. The molecule has 0 spiro atoms. The highest BCUT2D eigenvalue weighted by Gasteiger charge is 2.38. The summed E-state index contributed by atoms with van der Waals surface area (Å²) in [6.45, 7) is 4.43. The first-order valence-corrected chi connectivity index (χ1v) is 8.62. The van der Waals surface area contributed by atoms with Crippen LogP contribution >= 0.6 is 0 Å². The number of rotatable bonds is 2. The zero-order valence-corrected chi connectivity index (χ0v) is 16.2. The Labute approximate surface area is 169 Å². The third-order valence-corrected chi connectivity index (χ3v) is 3.65. The van der Waals surface area contributed by atoms with Gasteiger partial charge in [0.2, 0.25) is 11.7 Å². The molecule has 1 N–H and O–H groups in total. The molecular formula is C20H18F6N4. The van der Waals surface area contributed by atoms with Gasteiger partial charge in [0, 0.05) is 5.69 Å². The first-order chi connectivity index (χ1) is 13.8. The van der Waals surface area contributed by atoms with Gasteiger partial charge in [0.15, 0.2) is 0 Å². The number of aryl methyl sites for hydroxylation is 2. The Morgan fingerprint density at radius 1 is 0.733 bits per heavy atom. The minimum absolute atomic E-state index is 0.0396. The minimum Gasteiger partial charge on any atom is -0.336 e. The predicted octanol–water partition coefficient (Wildman–Crippen LogP) is 6.39. The van der Waals surface area contributed by atoms with Gasteiger partial charge in [0.1, 0.15) is 5.84 Å². The molecule has 0 saturated heterocycles. The molecule has 0 atom stereocenters. The standard InChI is InChI=1S/C20H18F6N4/c1-12-4-8-15(9-5-12)29-17(19(21,22)23)27-14(3)28-18(20(24,25)26)30-16-10-6-13(2)7-11-16/h4-11H,1-3H3,(H,27,28,29,30). The maximum absolute atomic E-state index is 13.3. The molecular weight excluding hydrogens is 410 g/mol. The number of nitrogens with zero attached hydrogens (tertiary/aromatic N) is 3. The van der Waals surface area contributed by atoms with Crippen LogP contribution in [0, 0.1) is 13.8 Å². The van der Waals surface area contributed by atoms with Crippen molar-refractivity contribution in [3.8, 4) is 0 Å². The van der Waals surface area contributed by atoms with E-state index in [1.165, 1.54) is 24.3 Å². The van der Waals surface area contributed by atoms with Crippen LogP contribution in [0.15, 0.2) is 63.5 Å². The monoisotopic (exact) mass is 428 g/mol. The van der Waals surface area contributed by atoms with Crippen LogP contribution in [-0.4, -0.2) is 29.9 Å². The number of halogens is 6. The summed E-state index contributed by atoms with van der Waals surface area (Å²) in [5.41, 5.74) is 1.67. The molecule has 4 nitrogen and oxygen atoms in total. The van der Waals surface area contributed by atoms with Crippen molar-refractivity contribution in [2.75, 3.05) is 5.32 Å². The van der Waals surface area contributed by atoms with Crippen molar-refractivity contribution >= 4 is 28.9 Å². The van der Waals surface area contributed by atoms with Gasteiger partial charge in [-0.25, -0.2) is 15.0 Å². The van der Waals surface area contributed by atoms with Gasteiger partial charge < -0.3 is 5.32 Å². The summed E-state index contributed by atoms with van der Waals surface area (Å²) in [6, 6.07) is 11.7. The molecule has 0 aliphatic rings. The quantitative estimate of drug-likeness (QED) is 0.336. The van der Waals surface area contributed by atoms with Gasteiger partial charge in [0.25, 0.3) is 0 Å². The molecule has 0 bridgehead atoms. The van der Waals surface area contributed by atoms with Crippen LogP contribution in [0.25, 0.3) is 0 Å². The third-order valence-electron chi connectivity index (χ3n) is 3.65. The Balaban J connectivity index is 2.41. The first kappa shape index (κ1) is 23.1. The molecule has 2 aromatic rings. The predicted molar refractivity (Wildman–Crippen MR) is 106 cm³/mol. The van der Waals surface area contributed by atoms with Crippen LogP contribution < -0.4 is 5.32 Å². The lowest BCUT2D eigenvalue weighted by atomic mass is 10.2. The smallest absolute Gasteiger partial charge is 0.336 e. The molecule has 2 rings (SSSR count). The highest BCUT2D eigenvalue weighted by molar-refractivity contribution is 6.09.